The molecular formula is C15H16N2O2. The maximum Gasteiger partial charge on any atom is 0.228 e. The van der Waals surface area contributed by atoms with Gasteiger partial charge in [0.25, 0.3) is 0 Å². The van der Waals surface area contributed by atoms with Gasteiger partial charge in [-0.05, 0) is 36.2 Å². The fraction of sp³-hybridized carbons (Fsp3) is 0.133. The highest BCUT2D eigenvalue weighted by Crippen LogP contribution is 2.26. The summed E-state index contributed by atoms with van der Waals surface area (Å²) in [5.74, 6) is -0.0880. The number of phenols is 1. The van der Waals surface area contributed by atoms with Gasteiger partial charge < -0.3 is 16.2 Å². The van der Waals surface area contributed by atoms with Crippen LogP contribution in [0.5, 0.6) is 5.75 Å². The summed E-state index contributed by atoms with van der Waals surface area (Å²) in [6.07, 6.45) is 0.221. The molecule has 0 bridgehead atoms. The van der Waals surface area contributed by atoms with Crippen molar-refractivity contribution in [2.75, 3.05) is 11.1 Å². The van der Waals surface area contributed by atoms with Crippen molar-refractivity contribution in [2.45, 2.75) is 13.3 Å². The Morgan fingerprint density at radius 1 is 1.26 bits per heavy atom. The number of hydrogen-bond acceptors (Lipinski definition) is 3. The van der Waals surface area contributed by atoms with Crippen LogP contribution in [0.2, 0.25) is 0 Å². The van der Waals surface area contributed by atoms with E-state index in [-0.39, 0.29) is 18.1 Å². The summed E-state index contributed by atoms with van der Waals surface area (Å²) >= 11 is 0. The first-order valence-corrected chi connectivity index (χ1v) is 5.99. The summed E-state index contributed by atoms with van der Waals surface area (Å²) < 4.78 is 0. The predicted octanol–water partition coefficient (Wildman–Crippen LogP) is 2.46. The number of para-hydroxylation sites is 1. The molecule has 0 aliphatic carbocycles. The highest BCUT2D eigenvalue weighted by Gasteiger charge is 2.08. The van der Waals surface area contributed by atoms with Gasteiger partial charge in [0.1, 0.15) is 5.75 Å². The molecule has 98 valence electrons. The third-order valence-electron chi connectivity index (χ3n) is 2.83. The summed E-state index contributed by atoms with van der Waals surface area (Å²) in [6.45, 7) is 1.78. The van der Waals surface area contributed by atoms with Gasteiger partial charge >= 0.3 is 0 Å². The highest BCUT2D eigenvalue weighted by molar-refractivity contribution is 5.93. The Balaban J connectivity index is 2.08. The molecule has 0 aromatic heterocycles. The molecule has 4 nitrogen and oxygen atoms in total. The van der Waals surface area contributed by atoms with Crippen molar-refractivity contribution in [3.63, 3.8) is 0 Å². The van der Waals surface area contributed by atoms with Crippen LogP contribution in [0.4, 0.5) is 11.4 Å². The summed E-state index contributed by atoms with van der Waals surface area (Å²) in [6, 6.07) is 12.4. The molecule has 0 spiro atoms. The molecule has 4 N–H and O–H groups in total. The van der Waals surface area contributed by atoms with Crippen molar-refractivity contribution in [3.8, 4) is 5.75 Å². The average molecular weight is 256 g/mol. The minimum Gasteiger partial charge on any atom is -0.505 e. The second-order valence-corrected chi connectivity index (χ2v) is 4.44. The Bertz CT molecular complexity index is 609. The molecule has 0 saturated heterocycles. The monoisotopic (exact) mass is 256 g/mol. The van der Waals surface area contributed by atoms with E-state index in [1.54, 1.807) is 37.3 Å². The number of amides is 1. The second-order valence-electron chi connectivity index (χ2n) is 4.44. The van der Waals surface area contributed by atoms with Crippen molar-refractivity contribution in [2.24, 2.45) is 0 Å². The molecule has 0 heterocycles. The third kappa shape index (κ3) is 3.25. The normalized spacial score (nSPS) is 10.2. The number of nitrogen functional groups attached to an aromatic ring is 1. The molecule has 2 aromatic rings. The average Bonchev–Trinajstić information content (AvgIpc) is 2.35. The van der Waals surface area contributed by atoms with Crippen LogP contribution in [0.25, 0.3) is 0 Å². The standard InChI is InChI=1S/C15H16N2O2/c1-10-4-2-7-13(15(10)19)17-14(18)9-11-5-3-6-12(16)8-11/h2-8,19H,9,16H2,1H3,(H,17,18). The molecule has 4 heteroatoms. The smallest absolute Gasteiger partial charge is 0.228 e. The molecule has 1 amide bonds. The number of hydrogen-bond donors (Lipinski definition) is 3. The van der Waals surface area contributed by atoms with Gasteiger partial charge in [-0.15, -0.1) is 0 Å². The predicted molar refractivity (Wildman–Crippen MR) is 76.0 cm³/mol. The number of carbonyl (C=O) groups excluding carboxylic acids is 1. The fourth-order valence-corrected chi connectivity index (χ4v) is 1.84. The number of nitrogens with one attached hydrogen (secondary N) is 1. The van der Waals surface area contributed by atoms with E-state index < -0.39 is 0 Å². The number of aromatic hydroxyl groups is 1. The molecule has 0 aliphatic heterocycles. The summed E-state index contributed by atoms with van der Waals surface area (Å²) in [4.78, 5) is 11.9. The van der Waals surface area contributed by atoms with Gasteiger partial charge in [-0.2, -0.15) is 0 Å². The Morgan fingerprint density at radius 2 is 2.00 bits per heavy atom. The van der Waals surface area contributed by atoms with E-state index in [0.29, 0.717) is 11.4 Å². The van der Waals surface area contributed by atoms with E-state index in [2.05, 4.69) is 5.32 Å². The summed E-state index contributed by atoms with van der Waals surface area (Å²) in [5.41, 5.74) is 8.27. The Labute approximate surface area is 111 Å². The third-order valence-corrected chi connectivity index (χ3v) is 2.83. The maximum atomic E-state index is 11.9. The van der Waals surface area contributed by atoms with Crippen LogP contribution in [0, 0.1) is 6.92 Å². The molecule has 0 saturated carbocycles. The van der Waals surface area contributed by atoms with Crippen LogP contribution in [0.15, 0.2) is 42.5 Å². The molecule has 0 atom stereocenters. The molecular weight excluding hydrogens is 240 g/mol. The van der Waals surface area contributed by atoms with Crippen LogP contribution in [-0.2, 0) is 11.2 Å². The summed E-state index contributed by atoms with van der Waals surface area (Å²) in [7, 11) is 0. The molecule has 0 unspecified atom stereocenters. The molecule has 0 fully saturated rings. The van der Waals surface area contributed by atoms with Gasteiger partial charge in [0.2, 0.25) is 5.91 Å². The van der Waals surface area contributed by atoms with Gasteiger partial charge in [0.15, 0.2) is 0 Å². The first kappa shape index (κ1) is 13.0. The quantitative estimate of drug-likeness (QED) is 0.583. The van der Waals surface area contributed by atoms with Crippen molar-refractivity contribution in [1.82, 2.24) is 0 Å². The van der Waals surface area contributed by atoms with E-state index in [4.69, 9.17) is 5.73 Å². The summed E-state index contributed by atoms with van der Waals surface area (Å²) in [5, 5.41) is 12.5. The van der Waals surface area contributed by atoms with E-state index >= 15 is 0 Å². The van der Waals surface area contributed by atoms with E-state index in [1.165, 1.54) is 0 Å². The minimum atomic E-state index is -0.188. The van der Waals surface area contributed by atoms with Gasteiger partial charge in [0.05, 0.1) is 12.1 Å². The SMILES string of the molecule is Cc1cccc(NC(=O)Cc2cccc(N)c2)c1O. The van der Waals surface area contributed by atoms with E-state index in [0.717, 1.165) is 11.1 Å². The Kier molecular flexibility index (Phi) is 3.71. The molecule has 2 rings (SSSR count). The molecule has 0 aliphatic rings. The van der Waals surface area contributed by atoms with Crippen LogP contribution in [-0.4, -0.2) is 11.0 Å². The number of carbonyl (C=O) groups is 1. The Morgan fingerprint density at radius 3 is 2.74 bits per heavy atom. The number of benzene rings is 2. The lowest BCUT2D eigenvalue weighted by atomic mass is 10.1. The number of phenolic OH excluding ortho intramolecular Hbond substituents is 1. The van der Waals surface area contributed by atoms with Crippen LogP contribution in [0.1, 0.15) is 11.1 Å². The first-order valence-electron chi connectivity index (χ1n) is 5.99. The van der Waals surface area contributed by atoms with Gasteiger partial charge in [-0.25, -0.2) is 0 Å². The topological polar surface area (TPSA) is 75.4 Å². The molecule has 19 heavy (non-hydrogen) atoms. The van der Waals surface area contributed by atoms with E-state index in [1.807, 2.05) is 12.1 Å². The van der Waals surface area contributed by atoms with E-state index in [9.17, 15) is 9.90 Å². The zero-order valence-corrected chi connectivity index (χ0v) is 10.7. The zero-order valence-electron chi connectivity index (χ0n) is 10.7. The van der Waals surface area contributed by atoms with Crippen LogP contribution < -0.4 is 11.1 Å². The Hall–Kier alpha value is -2.49. The van der Waals surface area contributed by atoms with Gasteiger partial charge in [-0.3, -0.25) is 4.79 Å². The number of nitrogens with two attached hydrogens (primary N) is 1. The van der Waals surface area contributed by atoms with Gasteiger partial charge in [0, 0.05) is 5.69 Å². The molecule has 0 radical (unpaired) electrons. The number of rotatable bonds is 3. The van der Waals surface area contributed by atoms with Crippen LogP contribution in [0.3, 0.4) is 0 Å². The zero-order chi connectivity index (χ0) is 13.8. The van der Waals surface area contributed by atoms with Crippen LogP contribution >= 0.6 is 0 Å². The fourth-order valence-electron chi connectivity index (χ4n) is 1.84. The van der Waals surface area contributed by atoms with Gasteiger partial charge in [-0.1, -0.05) is 24.3 Å². The lowest BCUT2D eigenvalue weighted by molar-refractivity contribution is -0.115. The number of aryl methyl sites for hydroxylation is 1. The second kappa shape index (κ2) is 5.44. The minimum absolute atomic E-state index is 0.100. The van der Waals surface area contributed by atoms with Crippen molar-refractivity contribution < 1.29 is 9.90 Å². The maximum absolute atomic E-state index is 11.9. The van der Waals surface area contributed by atoms with Crippen molar-refractivity contribution in [1.29, 1.82) is 0 Å². The highest BCUT2D eigenvalue weighted by atomic mass is 16.3. The lowest BCUT2D eigenvalue weighted by Gasteiger charge is -2.09. The van der Waals surface area contributed by atoms with Crippen molar-refractivity contribution >= 4 is 17.3 Å². The lowest BCUT2D eigenvalue weighted by Crippen LogP contribution is -2.14. The first-order chi connectivity index (χ1) is 9.06. The largest absolute Gasteiger partial charge is 0.505 e. The van der Waals surface area contributed by atoms with Crippen molar-refractivity contribution in [3.05, 3.63) is 53.6 Å². The number of anilines is 2. The molecule has 2 aromatic carbocycles.